The molecule has 2 aliphatic rings. The quantitative estimate of drug-likeness (QED) is 0.691. The molecule has 0 unspecified atom stereocenters. The molecule has 1 saturated heterocycles. The van der Waals surface area contributed by atoms with E-state index in [1.165, 1.54) is 10.6 Å². The van der Waals surface area contributed by atoms with Gasteiger partial charge in [0.2, 0.25) is 0 Å². The van der Waals surface area contributed by atoms with Crippen LogP contribution in [0.25, 0.3) is 12.2 Å². The van der Waals surface area contributed by atoms with Gasteiger partial charge in [-0.2, -0.15) is 0 Å². The molecule has 1 amide bonds. The minimum atomic E-state index is 0.122. The molecule has 0 atom stereocenters. The second-order valence-electron chi connectivity index (χ2n) is 4.82. The van der Waals surface area contributed by atoms with Crippen LogP contribution < -0.4 is 10.6 Å². The van der Waals surface area contributed by atoms with Crippen molar-refractivity contribution in [3.8, 4) is 0 Å². The van der Waals surface area contributed by atoms with Crippen molar-refractivity contribution in [3.63, 3.8) is 0 Å². The molecular formula is C14H18N2O2. The second-order valence-corrected chi connectivity index (χ2v) is 4.82. The van der Waals surface area contributed by atoms with Crippen LogP contribution in [0.4, 0.5) is 0 Å². The second kappa shape index (κ2) is 4.61. The van der Waals surface area contributed by atoms with Gasteiger partial charge in [-0.15, -0.1) is 0 Å². The van der Waals surface area contributed by atoms with Crippen LogP contribution in [0.2, 0.25) is 0 Å². The van der Waals surface area contributed by atoms with Gasteiger partial charge in [0.15, 0.2) is 0 Å². The molecule has 96 valence electrons. The summed E-state index contributed by atoms with van der Waals surface area (Å²) >= 11 is 0. The van der Waals surface area contributed by atoms with Crippen molar-refractivity contribution in [2.24, 2.45) is 7.05 Å². The standard InChI is InChI=1S/C14H18N2O2/c1-15-12-5-3-2-4-11(12)10-13(15)14(17)16-6-8-18-9-7-16/h4-5,10H,2-3,6-9H2,1H3. The monoisotopic (exact) mass is 246 g/mol. The number of hydrogen-bond acceptors (Lipinski definition) is 2. The lowest BCUT2D eigenvalue weighted by Gasteiger charge is -2.26. The predicted octanol–water partition coefficient (Wildman–Crippen LogP) is -0.148. The lowest BCUT2D eigenvalue weighted by molar-refractivity contribution is 0.0296. The highest BCUT2D eigenvalue weighted by Crippen LogP contribution is 2.05. The van der Waals surface area contributed by atoms with Gasteiger partial charge in [0.1, 0.15) is 5.69 Å². The third-order valence-corrected chi connectivity index (χ3v) is 3.70. The van der Waals surface area contributed by atoms with E-state index < -0.39 is 0 Å². The number of rotatable bonds is 1. The zero-order valence-corrected chi connectivity index (χ0v) is 10.7. The van der Waals surface area contributed by atoms with Crippen LogP contribution in [0.15, 0.2) is 6.07 Å². The Morgan fingerprint density at radius 1 is 1.22 bits per heavy atom. The number of carbonyl (C=O) groups excluding carboxylic acids is 1. The Balaban J connectivity index is 1.97. The summed E-state index contributed by atoms with van der Waals surface area (Å²) in [7, 11) is 1.97. The van der Waals surface area contributed by atoms with Crippen molar-refractivity contribution in [2.45, 2.75) is 12.8 Å². The summed E-state index contributed by atoms with van der Waals surface area (Å²) in [6, 6.07) is 2.02. The van der Waals surface area contributed by atoms with E-state index in [4.69, 9.17) is 4.74 Å². The normalized spacial score (nSPS) is 18.8. The summed E-state index contributed by atoms with van der Waals surface area (Å²) in [6.45, 7) is 2.69. The fraction of sp³-hybridized carbons (Fsp3) is 0.500. The molecule has 0 radical (unpaired) electrons. The van der Waals surface area contributed by atoms with Crippen molar-refractivity contribution in [1.29, 1.82) is 0 Å². The average Bonchev–Trinajstić information content (AvgIpc) is 2.77. The van der Waals surface area contributed by atoms with Crippen molar-refractivity contribution in [1.82, 2.24) is 9.47 Å². The maximum atomic E-state index is 12.5. The van der Waals surface area contributed by atoms with E-state index in [2.05, 4.69) is 12.2 Å². The minimum Gasteiger partial charge on any atom is -0.378 e. The van der Waals surface area contributed by atoms with E-state index in [-0.39, 0.29) is 5.91 Å². The number of morpholine rings is 1. The molecule has 0 bridgehead atoms. The summed E-state index contributed by atoms with van der Waals surface area (Å²) in [4.78, 5) is 14.3. The van der Waals surface area contributed by atoms with Gasteiger partial charge in [0.05, 0.1) is 13.2 Å². The van der Waals surface area contributed by atoms with Crippen LogP contribution in [0.1, 0.15) is 23.3 Å². The Bertz CT molecular complexity index is 580. The first-order valence-corrected chi connectivity index (χ1v) is 6.50. The van der Waals surface area contributed by atoms with Crippen LogP contribution in [0, 0.1) is 0 Å². The van der Waals surface area contributed by atoms with Crippen molar-refractivity contribution in [2.75, 3.05) is 26.3 Å². The lowest BCUT2D eigenvalue weighted by Crippen LogP contribution is -2.41. The smallest absolute Gasteiger partial charge is 0.270 e. The molecule has 1 aliphatic carbocycles. The predicted molar refractivity (Wildman–Crippen MR) is 69.5 cm³/mol. The van der Waals surface area contributed by atoms with E-state index in [0.29, 0.717) is 26.3 Å². The molecule has 1 aromatic rings. The fourth-order valence-electron chi connectivity index (χ4n) is 2.65. The van der Waals surface area contributed by atoms with Gasteiger partial charge >= 0.3 is 0 Å². The molecule has 0 N–H and O–H groups in total. The fourth-order valence-corrected chi connectivity index (χ4v) is 2.65. The first-order valence-electron chi connectivity index (χ1n) is 6.50. The lowest BCUT2D eigenvalue weighted by atomic mass is 10.2. The van der Waals surface area contributed by atoms with Crippen LogP contribution in [0.3, 0.4) is 0 Å². The third-order valence-electron chi connectivity index (χ3n) is 3.70. The van der Waals surface area contributed by atoms with E-state index in [9.17, 15) is 4.79 Å². The summed E-state index contributed by atoms with van der Waals surface area (Å²) in [5.74, 6) is 0.122. The van der Waals surface area contributed by atoms with E-state index in [1.807, 2.05) is 22.6 Å². The number of carbonyl (C=O) groups is 1. The highest BCUT2D eigenvalue weighted by atomic mass is 16.5. The first-order chi connectivity index (χ1) is 8.77. The molecule has 0 spiro atoms. The van der Waals surface area contributed by atoms with Gasteiger partial charge in [-0.05, 0) is 24.1 Å². The Morgan fingerprint density at radius 3 is 2.67 bits per heavy atom. The molecule has 0 aromatic carbocycles. The van der Waals surface area contributed by atoms with Gasteiger partial charge in [-0.1, -0.05) is 12.2 Å². The molecule has 4 nitrogen and oxygen atoms in total. The molecule has 1 aliphatic heterocycles. The maximum absolute atomic E-state index is 12.5. The van der Waals surface area contributed by atoms with E-state index in [1.54, 1.807) is 0 Å². The SMILES string of the molecule is Cn1c(C(=O)N2CCOCC2)cc2c1=CCCC=2. The van der Waals surface area contributed by atoms with Crippen molar-refractivity contribution >= 4 is 18.1 Å². The number of amides is 1. The number of fused-ring (bicyclic) bond motifs is 1. The highest BCUT2D eigenvalue weighted by molar-refractivity contribution is 5.93. The Morgan fingerprint density at radius 2 is 1.94 bits per heavy atom. The molecule has 4 heteroatoms. The molecule has 18 heavy (non-hydrogen) atoms. The minimum absolute atomic E-state index is 0.122. The maximum Gasteiger partial charge on any atom is 0.270 e. The average molecular weight is 246 g/mol. The van der Waals surface area contributed by atoms with E-state index >= 15 is 0 Å². The largest absolute Gasteiger partial charge is 0.378 e. The van der Waals surface area contributed by atoms with Crippen molar-refractivity contribution < 1.29 is 9.53 Å². The van der Waals surface area contributed by atoms with Crippen LogP contribution in [-0.2, 0) is 11.8 Å². The zero-order valence-electron chi connectivity index (χ0n) is 10.7. The van der Waals surface area contributed by atoms with Gasteiger partial charge < -0.3 is 14.2 Å². The summed E-state index contributed by atoms with van der Waals surface area (Å²) in [5, 5.41) is 2.37. The van der Waals surface area contributed by atoms with Gasteiger partial charge in [-0.25, -0.2) is 0 Å². The summed E-state index contributed by atoms with van der Waals surface area (Å²) < 4.78 is 7.30. The van der Waals surface area contributed by atoms with Gasteiger partial charge in [-0.3, -0.25) is 4.79 Å². The number of aromatic nitrogens is 1. The van der Waals surface area contributed by atoms with Gasteiger partial charge in [0.25, 0.3) is 5.91 Å². The molecule has 3 rings (SSSR count). The van der Waals surface area contributed by atoms with Crippen LogP contribution >= 0.6 is 0 Å². The van der Waals surface area contributed by atoms with Gasteiger partial charge in [0, 0.05) is 25.5 Å². The zero-order chi connectivity index (χ0) is 12.5. The Kier molecular flexibility index (Phi) is 2.96. The van der Waals surface area contributed by atoms with Crippen molar-refractivity contribution in [3.05, 3.63) is 22.3 Å². The Labute approximate surface area is 106 Å². The van der Waals surface area contributed by atoms with Crippen LogP contribution in [0.5, 0.6) is 0 Å². The summed E-state index contributed by atoms with van der Waals surface area (Å²) in [5.41, 5.74) is 0.788. The summed E-state index contributed by atoms with van der Waals surface area (Å²) in [6.07, 6.45) is 6.56. The molecule has 0 saturated carbocycles. The molecule has 1 aromatic heterocycles. The number of ether oxygens (including phenoxy) is 1. The van der Waals surface area contributed by atoms with Crippen LogP contribution in [-0.4, -0.2) is 41.7 Å². The Hall–Kier alpha value is -1.55. The number of hydrogen-bond donors (Lipinski definition) is 0. The topological polar surface area (TPSA) is 34.5 Å². The number of nitrogens with zero attached hydrogens (tertiary/aromatic N) is 2. The highest BCUT2D eigenvalue weighted by Gasteiger charge is 2.21. The molecular weight excluding hydrogens is 228 g/mol. The first kappa shape index (κ1) is 11.5. The molecule has 1 fully saturated rings. The molecule has 2 heterocycles. The van der Waals surface area contributed by atoms with E-state index in [0.717, 1.165) is 18.5 Å². The third kappa shape index (κ3) is 1.86.